The Balaban J connectivity index is 3.09. The molecule has 0 unspecified atom stereocenters. The van der Waals surface area contributed by atoms with E-state index in [1.165, 1.54) is 9.13 Å². The number of benzene rings is 1. The van der Waals surface area contributed by atoms with E-state index in [1.54, 1.807) is 0 Å². The van der Waals surface area contributed by atoms with Crippen LogP contribution in [0.15, 0.2) is 18.2 Å². The molecule has 3 nitrogen and oxygen atoms in total. The van der Waals surface area contributed by atoms with Gasteiger partial charge in [-0.15, -0.1) is 0 Å². The Labute approximate surface area is 163 Å². The molecule has 0 aliphatic heterocycles. The van der Waals surface area contributed by atoms with Crippen molar-refractivity contribution in [2.75, 3.05) is 19.8 Å². The Morgan fingerprint density at radius 1 is 0.792 bits per heavy atom. The molecular formula is C19H33IO3Si. The van der Waals surface area contributed by atoms with Gasteiger partial charge in [0.25, 0.3) is 0 Å². The van der Waals surface area contributed by atoms with Crippen LogP contribution in [0.25, 0.3) is 0 Å². The minimum atomic E-state index is -2.85. The lowest BCUT2D eigenvalue weighted by atomic mass is 10.2. The van der Waals surface area contributed by atoms with Crippen molar-refractivity contribution in [2.45, 2.75) is 66.2 Å². The van der Waals surface area contributed by atoms with Gasteiger partial charge < -0.3 is 13.3 Å². The van der Waals surface area contributed by atoms with Crippen LogP contribution in [0.2, 0.25) is 0 Å². The van der Waals surface area contributed by atoms with E-state index < -0.39 is 8.80 Å². The SMILES string of the molecule is CCCCO[Si](OCCCC)(OCCCC)c1cc(C)cc(I)c1. The third-order valence-electron chi connectivity index (χ3n) is 3.77. The van der Waals surface area contributed by atoms with E-state index in [9.17, 15) is 0 Å². The lowest BCUT2D eigenvalue weighted by Crippen LogP contribution is -2.57. The molecule has 0 aliphatic carbocycles. The Morgan fingerprint density at radius 3 is 1.62 bits per heavy atom. The molecule has 0 heterocycles. The molecule has 0 N–H and O–H groups in total. The van der Waals surface area contributed by atoms with Gasteiger partial charge in [-0.2, -0.15) is 0 Å². The number of hydrogen-bond donors (Lipinski definition) is 0. The first-order valence-corrected chi connectivity index (χ1v) is 12.1. The zero-order valence-electron chi connectivity index (χ0n) is 15.7. The van der Waals surface area contributed by atoms with Crippen LogP contribution in [0.1, 0.15) is 64.9 Å². The molecule has 1 rings (SSSR count). The zero-order valence-corrected chi connectivity index (χ0v) is 18.9. The van der Waals surface area contributed by atoms with Gasteiger partial charge >= 0.3 is 8.80 Å². The van der Waals surface area contributed by atoms with Gasteiger partial charge in [0.15, 0.2) is 0 Å². The Hall–Kier alpha value is 0.0469. The zero-order chi connectivity index (χ0) is 17.8. The second-order valence-electron chi connectivity index (χ2n) is 6.18. The third-order valence-corrected chi connectivity index (χ3v) is 7.14. The summed E-state index contributed by atoms with van der Waals surface area (Å²) in [6.45, 7) is 10.8. The topological polar surface area (TPSA) is 27.7 Å². The first-order valence-electron chi connectivity index (χ1n) is 9.27. The molecule has 0 radical (unpaired) electrons. The summed E-state index contributed by atoms with van der Waals surface area (Å²) in [6, 6.07) is 6.52. The molecule has 0 atom stereocenters. The summed E-state index contributed by atoms with van der Waals surface area (Å²) in [7, 11) is -2.85. The maximum atomic E-state index is 6.35. The Morgan fingerprint density at radius 2 is 1.25 bits per heavy atom. The lowest BCUT2D eigenvalue weighted by Gasteiger charge is -2.30. The van der Waals surface area contributed by atoms with Crippen molar-refractivity contribution < 1.29 is 13.3 Å². The minimum absolute atomic E-state index is 0.700. The summed E-state index contributed by atoms with van der Waals surface area (Å²) in [4.78, 5) is 0. The van der Waals surface area contributed by atoms with Crippen LogP contribution in [-0.2, 0) is 13.3 Å². The predicted octanol–water partition coefficient (Wildman–Crippen LogP) is 5.20. The summed E-state index contributed by atoms with van der Waals surface area (Å²) < 4.78 is 20.3. The number of halogens is 1. The highest BCUT2D eigenvalue weighted by molar-refractivity contribution is 14.1. The predicted molar refractivity (Wildman–Crippen MR) is 112 cm³/mol. The van der Waals surface area contributed by atoms with Gasteiger partial charge in [-0.1, -0.05) is 46.1 Å². The average Bonchev–Trinajstić information content (AvgIpc) is 2.54. The number of rotatable bonds is 13. The van der Waals surface area contributed by atoms with Crippen LogP contribution in [-0.4, -0.2) is 28.6 Å². The highest BCUT2D eigenvalue weighted by Crippen LogP contribution is 2.17. The van der Waals surface area contributed by atoms with Gasteiger partial charge in [-0.25, -0.2) is 0 Å². The molecule has 0 amide bonds. The number of unbranched alkanes of at least 4 members (excludes halogenated alkanes) is 3. The van der Waals surface area contributed by atoms with E-state index in [-0.39, 0.29) is 0 Å². The van der Waals surface area contributed by atoms with E-state index in [0.29, 0.717) is 19.8 Å². The van der Waals surface area contributed by atoms with Crippen molar-refractivity contribution in [1.29, 1.82) is 0 Å². The van der Waals surface area contributed by atoms with Gasteiger partial charge in [-0.3, -0.25) is 0 Å². The fourth-order valence-corrected chi connectivity index (χ4v) is 6.19. The van der Waals surface area contributed by atoms with Crippen LogP contribution < -0.4 is 5.19 Å². The van der Waals surface area contributed by atoms with Gasteiger partial charge in [0, 0.05) is 28.6 Å². The number of aryl methyl sites for hydroxylation is 1. The minimum Gasteiger partial charge on any atom is -0.370 e. The Kier molecular flexibility index (Phi) is 11.4. The molecule has 1 aromatic carbocycles. The first-order chi connectivity index (χ1) is 11.6. The molecule has 24 heavy (non-hydrogen) atoms. The van der Waals surface area contributed by atoms with Crippen molar-refractivity contribution in [3.05, 3.63) is 27.3 Å². The molecular weight excluding hydrogens is 431 g/mol. The Bertz CT molecular complexity index is 421. The van der Waals surface area contributed by atoms with E-state index >= 15 is 0 Å². The van der Waals surface area contributed by atoms with Gasteiger partial charge in [0.1, 0.15) is 0 Å². The highest BCUT2D eigenvalue weighted by Gasteiger charge is 2.44. The molecule has 0 bridgehead atoms. The molecule has 0 aliphatic rings. The fraction of sp³-hybridized carbons (Fsp3) is 0.684. The van der Waals surface area contributed by atoms with Crippen molar-refractivity contribution >= 4 is 36.6 Å². The second kappa shape index (κ2) is 12.4. The van der Waals surface area contributed by atoms with Crippen LogP contribution in [0.5, 0.6) is 0 Å². The van der Waals surface area contributed by atoms with Crippen LogP contribution >= 0.6 is 22.6 Å². The van der Waals surface area contributed by atoms with E-state index in [1.807, 2.05) is 0 Å². The maximum Gasteiger partial charge on any atom is 0.537 e. The van der Waals surface area contributed by atoms with Crippen molar-refractivity contribution in [3.8, 4) is 0 Å². The van der Waals surface area contributed by atoms with Crippen molar-refractivity contribution in [2.24, 2.45) is 0 Å². The lowest BCUT2D eigenvalue weighted by molar-refractivity contribution is 0.0700. The number of hydrogen-bond acceptors (Lipinski definition) is 3. The normalized spacial score (nSPS) is 11.9. The van der Waals surface area contributed by atoms with E-state index in [2.05, 4.69) is 68.5 Å². The summed E-state index contributed by atoms with van der Waals surface area (Å²) in [5.41, 5.74) is 1.23. The smallest absolute Gasteiger partial charge is 0.370 e. The summed E-state index contributed by atoms with van der Waals surface area (Å²) in [5, 5.41) is 1.11. The fourth-order valence-electron chi connectivity index (χ4n) is 2.34. The van der Waals surface area contributed by atoms with Crippen LogP contribution in [0.4, 0.5) is 0 Å². The van der Waals surface area contributed by atoms with Gasteiger partial charge in [0.2, 0.25) is 0 Å². The molecule has 0 fully saturated rings. The summed E-state index contributed by atoms with van der Waals surface area (Å²) in [5.74, 6) is 0. The molecule has 138 valence electrons. The molecule has 1 aromatic rings. The summed E-state index contributed by atoms with van der Waals surface area (Å²) in [6.07, 6.45) is 6.43. The van der Waals surface area contributed by atoms with Crippen LogP contribution in [0, 0.1) is 10.5 Å². The quantitative estimate of drug-likeness (QED) is 0.228. The summed E-state index contributed by atoms with van der Waals surface area (Å²) >= 11 is 2.36. The largest absolute Gasteiger partial charge is 0.537 e. The van der Waals surface area contributed by atoms with Crippen molar-refractivity contribution in [1.82, 2.24) is 0 Å². The molecule has 0 aromatic heterocycles. The average molecular weight is 464 g/mol. The maximum absolute atomic E-state index is 6.35. The van der Waals surface area contributed by atoms with Gasteiger partial charge in [0.05, 0.1) is 0 Å². The molecule has 0 saturated heterocycles. The van der Waals surface area contributed by atoms with E-state index in [0.717, 1.165) is 43.7 Å². The van der Waals surface area contributed by atoms with Crippen LogP contribution in [0.3, 0.4) is 0 Å². The third kappa shape index (κ3) is 7.52. The van der Waals surface area contributed by atoms with Gasteiger partial charge in [-0.05, 0) is 66.5 Å². The molecule has 5 heteroatoms. The highest BCUT2D eigenvalue weighted by atomic mass is 127. The van der Waals surface area contributed by atoms with Crippen molar-refractivity contribution in [3.63, 3.8) is 0 Å². The molecule has 0 spiro atoms. The second-order valence-corrected chi connectivity index (χ2v) is 9.98. The first kappa shape index (κ1) is 22.1. The monoisotopic (exact) mass is 464 g/mol. The molecule has 0 saturated carbocycles. The van der Waals surface area contributed by atoms with E-state index in [4.69, 9.17) is 13.3 Å². The standard InChI is InChI=1S/C19H33IO3Si/c1-5-8-11-21-24(22-12-9-6-2,23-13-10-7-3)19-15-17(4)14-18(20)16-19/h14-16H,5-13H2,1-4H3.